The van der Waals surface area contributed by atoms with E-state index in [9.17, 15) is 9.90 Å². The molecule has 0 spiro atoms. The highest BCUT2D eigenvalue weighted by atomic mass is 16.5. The minimum atomic E-state index is -0.758. The Hall–Kier alpha value is -1.55. The van der Waals surface area contributed by atoms with E-state index in [1.54, 1.807) is 7.11 Å². The molecule has 1 N–H and O–H groups in total. The summed E-state index contributed by atoms with van der Waals surface area (Å²) in [6, 6.07) is 4.04. The van der Waals surface area contributed by atoms with Crippen LogP contribution in [0.3, 0.4) is 0 Å². The molecular weight excluding hydrogens is 280 g/mol. The molecule has 0 radical (unpaired) electrons. The highest BCUT2D eigenvalue weighted by Crippen LogP contribution is 2.54. The van der Waals surface area contributed by atoms with E-state index in [4.69, 9.17) is 9.47 Å². The number of carboxylic acid groups (broad SMARTS) is 1. The summed E-state index contributed by atoms with van der Waals surface area (Å²) in [6.07, 6.45) is 4.52. The summed E-state index contributed by atoms with van der Waals surface area (Å²) in [7, 11) is 1.75. The van der Waals surface area contributed by atoms with Crippen LogP contribution in [0, 0.1) is 6.92 Å². The van der Waals surface area contributed by atoms with Gasteiger partial charge >= 0.3 is 5.97 Å². The van der Waals surface area contributed by atoms with Crippen molar-refractivity contribution in [1.29, 1.82) is 0 Å². The molecule has 0 atom stereocenters. The van der Waals surface area contributed by atoms with E-state index in [-0.39, 0.29) is 5.60 Å². The number of aryl methyl sites for hydroxylation is 1. The van der Waals surface area contributed by atoms with Crippen molar-refractivity contribution in [3.63, 3.8) is 0 Å². The SMILES string of the molecule is CCOc1cc(C)c(C2(OC)CCC2)cc1C1(C(=O)O)CC1. The molecule has 120 valence electrons. The van der Waals surface area contributed by atoms with Gasteiger partial charge in [0.05, 0.1) is 17.6 Å². The fourth-order valence-electron chi connectivity index (χ4n) is 3.63. The van der Waals surface area contributed by atoms with Crippen molar-refractivity contribution < 1.29 is 19.4 Å². The minimum absolute atomic E-state index is 0.238. The maximum Gasteiger partial charge on any atom is 0.314 e. The average Bonchev–Trinajstić information content (AvgIpc) is 3.22. The van der Waals surface area contributed by atoms with E-state index < -0.39 is 11.4 Å². The van der Waals surface area contributed by atoms with Crippen LogP contribution in [0.4, 0.5) is 0 Å². The number of aliphatic carboxylic acids is 1. The van der Waals surface area contributed by atoms with Crippen molar-refractivity contribution in [3.8, 4) is 5.75 Å². The lowest BCUT2D eigenvalue weighted by Crippen LogP contribution is -2.37. The zero-order chi connectivity index (χ0) is 16.0. The fraction of sp³-hybridized carbons (Fsp3) is 0.611. The summed E-state index contributed by atoms with van der Waals surface area (Å²) in [5.74, 6) is -0.0300. The van der Waals surface area contributed by atoms with Gasteiger partial charge in [0.1, 0.15) is 5.75 Å². The third-order valence-corrected chi connectivity index (χ3v) is 5.34. The second-order valence-corrected chi connectivity index (χ2v) is 6.54. The maximum atomic E-state index is 11.8. The van der Waals surface area contributed by atoms with Gasteiger partial charge in [0, 0.05) is 12.7 Å². The lowest BCUT2D eigenvalue weighted by atomic mass is 9.72. The van der Waals surface area contributed by atoms with E-state index in [1.165, 1.54) is 0 Å². The standard InChI is InChI=1S/C18H24O4/c1-4-22-15-10-12(2)13(18(21-3)6-5-7-18)11-14(15)17(8-9-17)16(19)20/h10-11H,4-9H2,1-3H3,(H,19,20). The minimum Gasteiger partial charge on any atom is -0.494 e. The van der Waals surface area contributed by atoms with Gasteiger partial charge < -0.3 is 14.6 Å². The van der Waals surface area contributed by atoms with Crippen LogP contribution >= 0.6 is 0 Å². The summed E-state index contributed by atoms with van der Waals surface area (Å²) in [5, 5.41) is 9.65. The van der Waals surface area contributed by atoms with Crippen molar-refractivity contribution in [2.75, 3.05) is 13.7 Å². The van der Waals surface area contributed by atoms with Crippen LogP contribution in [-0.2, 0) is 20.5 Å². The second kappa shape index (κ2) is 5.27. The molecule has 1 aromatic rings. The van der Waals surface area contributed by atoms with Gasteiger partial charge in [-0.2, -0.15) is 0 Å². The van der Waals surface area contributed by atoms with E-state index in [0.29, 0.717) is 25.2 Å². The molecular formula is C18H24O4. The Kier molecular flexibility index (Phi) is 3.68. The van der Waals surface area contributed by atoms with Crippen LogP contribution in [-0.4, -0.2) is 24.8 Å². The Morgan fingerprint density at radius 3 is 2.32 bits per heavy atom. The number of benzene rings is 1. The van der Waals surface area contributed by atoms with Gasteiger partial charge in [0.25, 0.3) is 0 Å². The molecule has 2 saturated carbocycles. The van der Waals surface area contributed by atoms with Crippen molar-refractivity contribution in [2.45, 2.75) is 57.0 Å². The largest absolute Gasteiger partial charge is 0.494 e. The smallest absolute Gasteiger partial charge is 0.314 e. The zero-order valence-electron chi connectivity index (χ0n) is 13.6. The molecule has 0 bridgehead atoms. The van der Waals surface area contributed by atoms with Gasteiger partial charge in [-0.05, 0) is 69.2 Å². The van der Waals surface area contributed by atoms with E-state index in [2.05, 4.69) is 6.92 Å². The number of carboxylic acids is 1. The Morgan fingerprint density at radius 1 is 1.23 bits per heavy atom. The first-order valence-electron chi connectivity index (χ1n) is 8.06. The highest BCUT2D eigenvalue weighted by Gasteiger charge is 2.54. The van der Waals surface area contributed by atoms with Gasteiger partial charge in [-0.1, -0.05) is 0 Å². The van der Waals surface area contributed by atoms with E-state index >= 15 is 0 Å². The monoisotopic (exact) mass is 304 g/mol. The van der Waals surface area contributed by atoms with Crippen LogP contribution in [0.15, 0.2) is 12.1 Å². The molecule has 0 aromatic heterocycles. The average molecular weight is 304 g/mol. The summed E-state index contributed by atoms with van der Waals surface area (Å²) in [4.78, 5) is 11.8. The molecule has 2 aliphatic rings. The molecule has 3 rings (SSSR count). The van der Waals surface area contributed by atoms with Crippen LogP contribution in [0.2, 0.25) is 0 Å². The quantitative estimate of drug-likeness (QED) is 0.873. The Morgan fingerprint density at radius 2 is 1.91 bits per heavy atom. The molecule has 0 aliphatic heterocycles. The molecule has 4 nitrogen and oxygen atoms in total. The second-order valence-electron chi connectivity index (χ2n) is 6.54. The number of methoxy groups -OCH3 is 1. The van der Waals surface area contributed by atoms with Crippen molar-refractivity contribution in [3.05, 3.63) is 28.8 Å². The molecule has 0 heterocycles. The number of ether oxygens (including phenoxy) is 2. The van der Waals surface area contributed by atoms with Crippen LogP contribution in [0.25, 0.3) is 0 Å². The predicted octanol–water partition coefficient (Wildman–Crippen LogP) is 3.54. The van der Waals surface area contributed by atoms with Crippen molar-refractivity contribution in [2.24, 2.45) is 0 Å². The Balaban J connectivity index is 2.12. The molecule has 0 saturated heterocycles. The van der Waals surface area contributed by atoms with Crippen molar-refractivity contribution in [1.82, 2.24) is 0 Å². The van der Waals surface area contributed by atoms with E-state index in [1.807, 2.05) is 19.1 Å². The van der Waals surface area contributed by atoms with Crippen LogP contribution in [0.5, 0.6) is 5.75 Å². The topological polar surface area (TPSA) is 55.8 Å². The maximum absolute atomic E-state index is 11.8. The summed E-state index contributed by atoms with van der Waals surface area (Å²) in [5.41, 5.74) is 2.08. The Labute approximate surface area is 131 Å². The summed E-state index contributed by atoms with van der Waals surface area (Å²) < 4.78 is 11.5. The third kappa shape index (κ3) is 2.12. The lowest BCUT2D eigenvalue weighted by molar-refractivity contribution is -0.140. The fourth-order valence-corrected chi connectivity index (χ4v) is 3.63. The van der Waals surface area contributed by atoms with Crippen LogP contribution < -0.4 is 4.74 Å². The number of rotatable bonds is 6. The van der Waals surface area contributed by atoms with Gasteiger partial charge in [-0.25, -0.2) is 0 Å². The molecule has 2 fully saturated rings. The van der Waals surface area contributed by atoms with E-state index in [0.717, 1.165) is 36.0 Å². The predicted molar refractivity (Wildman–Crippen MR) is 83.4 cm³/mol. The molecule has 0 amide bonds. The summed E-state index contributed by atoms with van der Waals surface area (Å²) in [6.45, 7) is 4.52. The number of hydrogen-bond acceptors (Lipinski definition) is 3. The molecule has 1 aromatic carbocycles. The van der Waals surface area contributed by atoms with Crippen molar-refractivity contribution >= 4 is 5.97 Å². The number of carbonyl (C=O) groups is 1. The normalized spacial score (nSPS) is 21.0. The first-order chi connectivity index (χ1) is 10.5. The van der Waals surface area contributed by atoms with Crippen LogP contribution in [0.1, 0.15) is 55.7 Å². The molecule has 22 heavy (non-hydrogen) atoms. The summed E-state index contributed by atoms with van der Waals surface area (Å²) >= 11 is 0. The Bertz CT molecular complexity index is 592. The molecule has 0 unspecified atom stereocenters. The molecule has 4 heteroatoms. The van der Waals surface area contributed by atoms with Gasteiger partial charge in [-0.3, -0.25) is 4.79 Å². The highest BCUT2D eigenvalue weighted by molar-refractivity contribution is 5.86. The van der Waals surface area contributed by atoms with Gasteiger partial charge in [0.2, 0.25) is 0 Å². The lowest BCUT2D eigenvalue weighted by Gasteiger charge is -2.42. The third-order valence-electron chi connectivity index (χ3n) is 5.34. The van der Waals surface area contributed by atoms with Gasteiger partial charge in [-0.15, -0.1) is 0 Å². The first-order valence-corrected chi connectivity index (χ1v) is 8.06. The first kappa shape index (κ1) is 15.3. The number of hydrogen-bond donors (Lipinski definition) is 1. The zero-order valence-corrected chi connectivity index (χ0v) is 13.6. The molecule has 2 aliphatic carbocycles. The van der Waals surface area contributed by atoms with Gasteiger partial charge in [0.15, 0.2) is 0 Å².